The molecule has 1 heterocycles. The van der Waals surface area contributed by atoms with Crippen molar-refractivity contribution in [3.63, 3.8) is 0 Å². The minimum atomic E-state index is -0.435. The monoisotopic (exact) mass is 262 g/mol. The number of aryl methyl sites for hydroxylation is 2. The van der Waals surface area contributed by atoms with Gasteiger partial charge in [-0.1, -0.05) is 0 Å². The first-order valence-corrected chi connectivity index (χ1v) is 6.75. The van der Waals surface area contributed by atoms with E-state index in [4.69, 9.17) is 11.5 Å². The number of carbonyl (C=O) groups excluding carboxylic acids is 1. The number of carbonyl (C=O) groups is 1. The molecule has 5 N–H and O–H groups in total. The van der Waals surface area contributed by atoms with E-state index in [0.717, 1.165) is 37.1 Å². The first kappa shape index (κ1) is 13.8. The zero-order chi connectivity index (χ0) is 14.0. The second-order valence-corrected chi connectivity index (χ2v) is 5.49. The fourth-order valence-electron chi connectivity index (χ4n) is 2.82. The van der Waals surface area contributed by atoms with Crippen LogP contribution in [0.25, 0.3) is 0 Å². The Balaban J connectivity index is 2.12. The lowest BCUT2D eigenvalue weighted by Gasteiger charge is -2.15. The fraction of sp³-hybridized carbons (Fsp3) is 0.571. The van der Waals surface area contributed by atoms with Gasteiger partial charge in [-0.2, -0.15) is 0 Å². The number of pyridine rings is 1. The van der Waals surface area contributed by atoms with E-state index in [0.29, 0.717) is 23.3 Å². The van der Waals surface area contributed by atoms with Gasteiger partial charge in [0, 0.05) is 18.3 Å². The van der Waals surface area contributed by atoms with Crippen molar-refractivity contribution in [2.75, 3.05) is 11.9 Å². The van der Waals surface area contributed by atoms with Gasteiger partial charge in [0.25, 0.3) is 5.91 Å². The van der Waals surface area contributed by atoms with Gasteiger partial charge in [-0.25, -0.2) is 4.98 Å². The molecule has 0 saturated heterocycles. The molecule has 0 radical (unpaired) electrons. The highest BCUT2D eigenvalue weighted by molar-refractivity contribution is 5.99. The number of hydrogen-bond donors (Lipinski definition) is 3. The Bertz CT molecular complexity index is 487. The second kappa shape index (κ2) is 5.57. The maximum absolute atomic E-state index is 11.5. The van der Waals surface area contributed by atoms with Gasteiger partial charge in [0.2, 0.25) is 0 Å². The van der Waals surface area contributed by atoms with Crippen LogP contribution < -0.4 is 16.8 Å². The van der Waals surface area contributed by atoms with Crippen molar-refractivity contribution in [3.8, 4) is 0 Å². The van der Waals surface area contributed by atoms with E-state index in [2.05, 4.69) is 10.3 Å². The third-order valence-corrected chi connectivity index (χ3v) is 3.73. The molecule has 0 aromatic carbocycles. The number of nitrogens with two attached hydrogens (primary N) is 2. The van der Waals surface area contributed by atoms with Gasteiger partial charge in [0.05, 0.1) is 5.56 Å². The molecule has 19 heavy (non-hydrogen) atoms. The average Bonchev–Trinajstić information content (AvgIpc) is 2.71. The van der Waals surface area contributed by atoms with Gasteiger partial charge in [-0.05, 0) is 50.7 Å². The van der Waals surface area contributed by atoms with Crippen LogP contribution in [0.3, 0.4) is 0 Å². The summed E-state index contributed by atoms with van der Waals surface area (Å²) in [4.78, 5) is 15.9. The number of aromatic nitrogens is 1. The Morgan fingerprint density at radius 3 is 2.79 bits per heavy atom. The molecule has 5 heteroatoms. The Morgan fingerprint density at radius 2 is 2.21 bits per heavy atom. The predicted octanol–water partition coefficient (Wildman–Crippen LogP) is 1.34. The van der Waals surface area contributed by atoms with Crippen molar-refractivity contribution in [1.82, 2.24) is 4.98 Å². The summed E-state index contributed by atoms with van der Waals surface area (Å²) in [5.41, 5.74) is 13.6. The lowest BCUT2D eigenvalue weighted by atomic mass is 10.1. The molecule has 1 aliphatic carbocycles. The molecular weight excluding hydrogens is 240 g/mol. The highest BCUT2D eigenvalue weighted by atomic mass is 16.1. The molecule has 2 atom stereocenters. The van der Waals surface area contributed by atoms with Crippen LogP contribution in [0.1, 0.15) is 40.9 Å². The van der Waals surface area contributed by atoms with Crippen molar-refractivity contribution in [2.45, 2.75) is 39.2 Å². The van der Waals surface area contributed by atoms with Crippen LogP contribution in [0.15, 0.2) is 6.07 Å². The van der Waals surface area contributed by atoms with Gasteiger partial charge in [0.15, 0.2) is 0 Å². The summed E-state index contributed by atoms with van der Waals surface area (Å²) in [7, 11) is 0. The smallest absolute Gasteiger partial charge is 0.252 e. The summed E-state index contributed by atoms with van der Waals surface area (Å²) in [5, 5.41) is 3.27. The summed E-state index contributed by atoms with van der Waals surface area (Å²) in [6.07, 6.45) is 3.24. The summed E-state index contributed by atoms with van der Waals surface area (Å²) in [5.74, 6) is 0.722. The van der Waals surface area contributed by atoms with Crippen LogP contribution in [0, 0.1) is 19.8 Å². The maximum Gasteiger partial charge on any atom is 0.252 e. The number of hydrogen-bond acceptors (Lipinski definition) is 4. The molecule has 2 rings (SSSR count). The SMILES string of the molecule is Cc1cc(C)c(C(N)=O)c(NCC2CCC(N)C2)n1. The first-order valence-electron chi connectivity index (χ1n) is 6.75. The average molecular weight is 262 g/mol. The minimum absolute atomic E-state index is 0.314. The third kappa shape index (κ3) is 3.23. The molecule has 1 aliphatic rings. The van der Waals surface area contributed by atoms with E-state index in [-0.39, 0.29) is 0 Å². The van der Waals surface area contributed by atoms with E-state index in [9.17, 15) is 4.79 Å². The predicted molar refractivity (Wildman–Crippen MR) is 76.0 cm³/mol. The van der Waals surface area contributed by atoms with Gasteiger partial charge in [0.1, 0.15) is 5.82 Å². The number of nitrogens with one attached hydrogen (secondary N) is 1. The molecular formula is C14H22N4O. The Labute approximate surface area is 113 Å². The van der Waals surface area contributed by atoms with Crippen molar-refractivity contribution >= 4 is 11.7 Å². The largest absolute Gasteiger partial charge is 0.369 e. The molecule has 1 fully saturated rings. The van der Waals surface area contributed by atoms with E-state index >= 15 is 0 Å². The third-order valence-electron chi connectivity index (χ3n) is 3.73. The van der Waals surface area contributed by atoms with Crippen LogP contribution in [-0.4, -0.2) is 23.5 Å². The van der Waals surface area contributed by atoms with Crippen LogP contribution >= 0.6 is 0 Å². The number of nitrogens with zero attached hydrogens (tertiary/aromatic N) is 1. The van der Waals surface area contributed by atoms with Crippen molar-refractivity contribution in [3.05, 3.63) is 22.9 Å². The lowest BCUT2D eigenvalue weighted by Crippen LogP contribution is -2.21. The van der Waals surface area contributed by atoms with Gasteiger partial charge in [-0.15, -0.1) is 0 Å². The number of amides is 1. The van der Waals surface area contributed by atoms with Crippen molar-refractivity contribution in [1.29, 1.82) is 0 Å². The number of anilines is 1. The van der Waals surface area contributed by atoms with Crippen molar-refractivity contribution in [2.24, 2.45) is 17.4 Å². The van der Waals surface area contributed by atoms with Crippen molar-refractivity contribution < 1.29 is 4.79 Å². The second-order valence-electron chi connectivity index (χ2n) is 5.49. The molecule has 2 unspecified atom stereocenters. The van der Waals surface area contributed by atoms with E-state index in [1.54, 1.807) is 0 Å². The zero-order valence-electron chi connectivity index (χ0n) is 11.6. The molecule has 0 bridgehead atoms. The van der Waals surface area contributed by atoms with Crippen LogP contribution in [0.4, 0.5) is 5.82 Å². The Morgan fingerprint density at radius 1 is 1.47 bits per heavy atom. The quantitative estimate of drug-likeness (QED) is 0.763. The fourth-order valence-corrected chi connectivity index (χ4v) is 2.82. The lowest BCUT2D eigenvalue weighted by molar-refractivity contribution is 0.1000. The highest BCUT2D eigenvalue weighted by Crippen LogP contribution is 2.25. The van der Waals surface area contributed by atoms with Gasteiger partial charge in [-0.3, -0.25) is 4.79 Å². The number of primary amides is 1. The summed E-state index contributed by atoms with van der Waals surface area (Å²) >= 11 is 0. The standard InChI is InChI=1S/C14H22N4O/c1-8-5-9(2)18-14(12(8)13(16)19)17-7-10-3-4-11(15)6-10/h5,10-11H,3-4,6-7,15H2,1-2H3,(H2,16,19)(H,17,18). The minimum Gasteiger partial charge on any atom is -0.369 e. The maximum atomic E-state index is 11.5. The van der Waals surface area contributed by atoms with E-state index in [1.165, 1.54) is 0 Å². The molecule has 0 aliphatic heterocycles. The molecule has 5 nitrogen and oxygen atoms in total. The molecule has 1 aromatic heterocycles. The Kier molecular flexibility index (Phi) is 4.04. The first-order chi connectivity index (χ1) is 8.97. The normalized spacial score (nSPS) is 22.5. The highest BCUT2D eigenvalue weighted by Gasteiger charge is 2.22. The summed E-state index contributed by atoms with van der Waals surface area (Å²) in [6.45, 7) is 4.59. The molecule has 1 amide bonds. The Hall–Kier alpha value is -1.62. The summed E-state index contributed by atoms with van der Waals surface area (Å²) in [6, 6.07) is 2.19. The van der Waals surface area contributed by atoms with E-state index in [1.807, 2.05) is 19.9 Å². The van der Waals surface area contributed by atoms with Crippen LogP contribution in [0.2, 0.25) is 0 Å². The molecule has 104 valence electrons. The van der Waals surface area contributed by atoms with Gasteiger partial charge < -0.3 is 16.8 Å². The van der Waals surface area contributed by atoms with E-state index < -0.39 is 5.91 Å². The van der Waals surface area contributed by atoms with Crippen LogP contribution in [-0.2, 0) is 0 Å². The number of rotatable bonds is 4. The molecule has 1 aromatic rings. The summed E-state index contributed by atoms with van der Waals surface area (Å²) < 4.78 is 0. The van der Waals surface area contributed by atoms with Gasteiger partial charge >= 0.3 is 0 Å². The molecule has 0 spiro atoms. The zero-order valence-corrected chi connectivity index (χ0v) is 11.6. The molecule has 1 saturated carbocycles. The topological polar surface area (TPSA) is 94.0 Å². The van der Waals surface area contributed by atoms with Crippen LogP contribution in [0.5, 0.6) is 0 Å².